The zero-order valence-electron chi connectivity index (χ0n) is 6.86. The summed E-state index contributed by atoms with van der Waals surface area (Å²) in [4.78, 5) is 20.7. The lowest BCUT2D eigenvalue weighted by Crippen LogP contribution is -2.20. The molecular weight excluding hydrogens is 170 g/mol. The van der Waals surface area contributed by atoms with Crippen LogP contribution in [0.4, 0.5) is 4.79 Å². The lowest BCUT2D eigenvalue weighted by atomic mass is 10.1. The fourth-order valence-corrected chi connectivity index (χ4v) is 0.981. The van der Waals surface area contributed by atoms with Gasteiger partial charge in [-0.15, -0.1) is 0 Å². The van der Waals surface area contributed by atoms with Gasteiger partial charge in [-0.05, 0) is 5.56 Å². The number of rotatable bonds is 3. The van der Waals surface area contributed by atoms with Gasteiger partial charge in [0.05, 0.1) is 0 Å². The van der Waals surface area contributed by atoms with Crippen molar-refractivity contribution in [1.82, 2.24) is 5.32 Å². The first-order valence-electron chi connectivity index (χ1n) is 3.74. The molecular formula is C9H9NO3. The van der Waals surface area contributed by atoms with Gasteiger partial charge in [-0.2, -0.15) is 0 Å². The first kappa shape index (κ1) is 9.25. The van der Waals surface area contributed by atoms with Gasteiger partial charge in [0, 0.05) is 12.1 Å². The van der Waals surface area contributed by atoms with E-state index in [1.54, 1.807) is 24.3 Å². The number of hydrogen-bond acceptors (Lipinski definition) is 2. The summed E-state index contributed by atoms with van der Waals surface area (Å²) in [5.74, 6) is 0. The Morgan fingerprint density at radius 3 is 2.77 bits per heavy atom. The number of carbonyl (C=O) groups excluding carboxylic acids is 1. The topological polar surface area (TPSA) is 66.4 Å². The Kier molecular flexibility index (Phi) is 3.03. The SMILES string of the molecule is O=Cc1ccccc1CNC(=O)O. The zero-order valence-corrected chi connectivity index (χ0v) is 6.86. The number of amides is 1. The molecule has 1 aromatic carbocycles. The lowest BCUT2D eigenvalue weighted by molar-refractivity contribution is 0.112. The smallest absolute Gasteiger partial charge is 0.404 e. The standard InChI is InChI=1S/C9H9NO3/c11-6-8-4-2-1-3-7(8)5-10-9(12)13/h1-4,6,10H,5H2,(H,12,13). The second-order valence-corrected chi connectivity index (χ2v) is 2.48. The van der Waals surface area contributed by atoms with E-state index in [9.17, 15) is 9.59 Å². The lowest BCUT2D eigenvalue weighted by Gasteiger charge is -2.03. The molecule has 0 saturated carbocycles. The fraction of sp³-hybridized carbons (Fsp3) is 0.111. The monoisotopic (exact) mass is 179 g/mol. The highest BCUT2D eigenvalue weighted by atomic mass is 16.4. The number of carboxylic acid groups (broad SMARTS) is 1. The van der Waals surface area contributed by atoms with Crippen LogP contribution in [-0.2, 0) is 6.54 Å². The molecule has 0 bridgehead atoms. The van der Waals surface area contributed by atoms with Crippen LogP contribution in [0.15, 0.2) is 24.3 Å². The molecule has 1 aromatic rings. The largest absolute Gasteiger partial charge is 0.465 e. The van der Waals surface area contributed by atoms with Crippen LogP contribution < -0.4 is 5.32 Å². The Bertz CT molecular complexity index is 322. The van der Waals surface area contributed by atoms with Gasteiger partial charge in [0.2, 0.25) is 0 Å². The number of nitrogens with one attached hydrogen (secondary N) is 1. The zero-order chi connectivity index (χ0) is 9.68. The average Bonchev–Trinajstić information content (AvgIpc) is 2.15. The minimum Gasteiger partial charge on any atom is -0.465 e. The molecule has 13 heavy (non-hydrogen) atoms. The van der Waals surface area contributed by atoms with Crippen molar-refractivity contribution in [3.63, 3.8) is 0 Å². The van der Waals surface area contributed by atoms with Crippen LogP contribution in [0, 0.1) is 0 Å². The van der Waals surface area contributed by atoms with Crippen LogP contribution in [0.2, 0.25) is 0 Å². The van der Waals surface area contributed by atoms with E-state index in [-0.39, 0.29) is 6.54 Å². The number of hydrogen-bond donors (Lipinski definition) is 2. The van der Waals surface area contributed by atoms with Gasteiger partial charge in [0.25, 0.3) is 0 Å². The molecule has 4 heteroatoms. The van der Waals surface area contributed by atoms with E-state index >= 15 is 0 Å². The molecule has 0 heterocycles. The van der Waals surface area contributed by atoms with Crippen molar-refractivity contribution in [3.05, 3.63) is 35.4 Å². The van der Waals surface area contributed by atoms with Gasteiger partial charge in [-0.25, -0.2) is 4.79 Å². The van der Waals surface area contributed by atoms with Crippen LogP contribution in [-0.4, -0.2) is 17.5 Å². The van der Waals surface area contributed by atoms with Crippen LogP contribution in [0.25, 0.3) is 0 Å². The van der Waals surface area contributed by atoms with Crippen LogP contribution in [0.3, 0.4) is 0 Å². The Morgan fingerprint density at radius 1 is 1.46 bits per heavy atom. The van der Waals surface area contributed by atoms with Crippen LogP contribution in [0.1, 0.15) is 15.9 Å². The van der Waals surface area contributed by atoms with Crippen LogP contribution >= 0.6 is 0 Å². The summed E-state index contributed by atoms with van der Waals surface area (Å²) in [6.45, 7) is 0.157. The fourth-order valence-electron chi connectivity index (χ4n) is 0.981. The number of aldehydes is 1. The molecule has 0 atom stereocenters. The Balaban J connectivity index is 2.75. The molecule has 68 valence electrons. The Labute approximate surface area is 75.2 Å². The molecule has 2 N–H and O–H groups in total. The van der Waals surface area contributed by atoms with Gasteiger partial charge < -0.3 is 10.4 Å². The average molecular weight is 179 g/mol. The van der Waals surface area contributed by atoms with Crippen molar-refractivity contribution in [2.24, 2.45) is 0 Å². The van der Waals surface area contributed by atoms with E-state index < -0.39 is 6.09 Å². The minimum atomic E-state index is -1.10. The molecule has 0 spiro atoms. The van der Waals surface area contributed by atoms with E-state index in [0.717, 1.165) is 0 Å². The van der Waals surface area contributed by atoms with Crippen molar-refractivity contribution in [3.8, 4) is 0 Å². The number of benzene rings is 1. The summed E-state index contributed by atoms with van der Waals surface area (Å²) in [5.41, 5.74) is 1.19. The third kappa shape index (κ3) is 2.59. The third-order valence-corrected chi connectivity index (χ3v) is 1.61. The third-order valence-electron chi connectivity index (χ3n) is 1.61. The summed E-state index contributed by atoms with van der Waals surface area (Å²) in [6.07, 6.45) is -0.389. The summed E-state index contributed by atoms with van der Waals surface area (Å²) in [7, 11) is 0. The maximum absolute atomic E-state index is 10.5. The van der Waals surface area contributed by atoms with Crippen LogP contribution in [0.5, 0.6) is 0 Å². The second-order valence-electron chi connectivity index (χ2n) is 2.48. The Hall–Kier alpha value is -1.84. The van der Waals surface area contributed by atoms with Crippen molar-refractivity contribution < 1.29 is 14.7 Å². The number of carbonyl (C=O) groups is 2. The van der Waals surface area contributed by atoms with Crippen molar-refractivity contribution in [2.45, 2.75) is 6.54 Å². The van der Waals surface area contributed by atoms with E-state index in [1.807, 2.05) is 0 Å². The van der Waals surface area contributed by atoms with Crippen molar-refractivity contribution in [2.75, 3.05) is 0 Å². The molecule has 0 unspecified atom stereocenters. The summed E-state index contributed by atoms with van der Waals surface area (Å²) >= 11 is 0. The first-order chi connectivity index (χ1) is 6.24. The van der Waals surface area contributed by atoms with Gasteiger partial charge in [-0.1, -0.05) is 24.3 Å². The molecule has 0 radical (unpaired) electrons. The van der Waals surface area contributed by atoms with Gasteiger partial charge in [-0.3, -0.25) is 4.79 Å². The van der Waals surface area contributed by atoms with Gasteiger partial charge in [0.1, 0.15) is 6.29 Å². The predicted octanol–water partition coefficient (Wildman–Crippen LogP) is 1.27. The van der Waals surface area contributed by atoms with Crippen molar-refractivity contribution in [1.29, 1.82) is 0 Å². The maximum Gasteiger partial charge on any atom is 0.404 e. The van der Waals surface area contributed by atoms with Crippen molar-refractivity contribution >= 4 is 12.4 Å². The molecule has 0 aliphatic rings. The molecule has 1 amide bonds. The molecule has 0 fully saturated rings. The maximum atomic E-state index is 10.5. The highest BCUT2D eigenvalue weighted by Crippen LogP contribution is 2.05. The Morgan fingerprint density at radius 2 is 2.15 bits per heavy atom. The summed E-state index contributed by atoms with van der Waals surface area (Å²) in [6, 6.07) is 6.84. The quantitative estimate of drug-likeness (QED) is 0.686. The van der Waals surface area contributed by atoms with E-state index in [2.05, 4.69) is 5.32 Å². The normalized spacial score (nSPS) is 9.23. The molecule has 0 aliphatic heterocycles. The molecule has 0 aliphatic carbocycles. The molecule has 4 nitrogen and oxygen atoms in total. The van der Waals surface area contributed by atoms with E-state index in [4.69, 9.17) is 5.11 Å². The summed E-state index contributed by atoms with van der Waals surface area (Å²) in [5, 5.41) is 10.5. The predicted molar refractivity (Wildman–Crippen MR) is 46.7 cm³/mol. The molecule has 1 rings (SSSR count). The molecule has 0 saturated heterocycles. The highest BCUT2D eigenvalue weighted by Gasteiger charge is 2.01. The van der Waals surface area contributed by atoms with E-state index in [0.29, 0.717) is 17.4 Å². The minimum absolute atomic E-state index is 0.157. The summed E-state index contributed by atoms with van der Waals surface area (Å²) < 4.78 is 0. The molecule has 0 aromatic heterocycles. The van der Waals surface area contributed by atoms with E-state index in [1.165, 1.54) is 0 Å². The highest BCUT2D eigenvalue weighted by molar-refractivity contribution is 5.77. The van der Waals surface area contributed by atoms with Gasteiger partial charge >= 0.3 is 6.09 Å². The first-order valence-corrected chi connectivity index (χ1v) is 3.74. The van der Waals surface area contributed by atoms with Gasteiger partial charge in [0.15, 0.2) is 0 Å². The second kappa shape index (κ2) is 4.25.